The number of halogens is 3. The van der Waals surface area contributed by atoms with E-state index in [0.717, 1.165) is 12.8 Å². The third-order valence-electron chi connectivity index (χ3n) is 4.18. The molecule has 0 radical (unpaired) electrons. The van der Waals surface area contributed by atoms with Crippen molar-refractivity contribution in [2.24, 2.45) is 5.92 Å². The van der Waals surface area contributed by atoms with Crippen molar-refractivity contribution in [3.63, 3.8) is 0 Å². The van der Waals surface area contributed by atoms with Crippen LogP contribution >= 0.6 is 0 Å². The SMILES string of the molecule is CCCCCCCCC(C)CC(F)C(NC)C(F)CCF. The van der Waals surface area contributed by atoms with Gasteiger partial charge in [0.25, 0.3) is 0 Å². The van der Waals surface area contributed by atoms with Crippen molar-refractivity contribution in [2.75, 3.05) is 13.7 Å². The largest absolute Gasteiger partial charge is 0.312 e. The molecule has 0 aliphatic carbocycles. The standard InChI is InChI=1S/C17H34F3N/c1-4-5-6-7-8-9-10-14(2)13-16(20)17(21-3)15(19)11-12-18/h14-17,21H,4-13H2,1-3H3. The van der Waals surface area contributed by atoms with Crippen LogP contribution in [0.2, 0.25) is 0 Å². The molecule has 0 amide bonds. The molecule has 4 atom stereocenters. The zero-order chi connectivity index (χ0) is 16.1. The van der Waals surface area contributed by atoms with E-state index in [-0.39, 0.29) is 12.3 Å². The van der Waals surface area contributed by atoms with Crippen LogP contribution < -0.4 is 5.32 Å². The number of hydrogen-bond acceptors (Lipinski definition) is 1. The van der Waals surface area contributed by atoms with Crippen LogP contribution in [0, 0.1) is 5.92 Å². The molecule has 0 aliphatic rings. The van der Waals surface area contributed by atoms with Crippen molar-refractivity contribution in [1.82, 2.24) is 5.32 Å². The van der Waals surface area contributed by atoms with Crippen molar-refractivity contribution in [3.8, 4) is 0 Å². The molecule has 0 aromatic rings. The Hall–Kier alpha value is -0.250. The lowest BCUT2D eigenvalue weighted by atomic mass is 9.92. The Morgan fingerprint density at radius 3 is 2.10 bits per heavy atom. The van der Waals surface area contributed by atoms with E-state index in [4.69, 9.17) is 0 Å². The van der Waals surface area contributed by atoms with Crippen LogP contribution in [-0.2, 0) is 0 Å². The second-order valence-electron chi connectivity index (χ2n) is 6.22. The van der Waals surface area contributed by atoms with Gasteiger partial charge in [0.2, 0.25) is 0 Å². The molecule has 4 unspecified atom stereocenters. The lowest BCUT2D eigenvalue weighted by Gasteiger charge is -2.25. The Kier molecular flexibility index (Phi) is 13.3. The van der Waals surface area contributed by atoms with Crippen LogP contribution in [0.5, 0.6) is 0 Å². The molecular formula is C17H34F3N. The Morgan fingerprint density at radius 2 is 1.52 bits per heavy atom. The Balaban J connectivity index is 3.87. The molecule has 0 saturated carbocycles. The van der Waals surface area contributed by atoms with Gasteiger partial charge in [-0.15, -0.1) is 0 Å². The van der Waals surface area contributed by atoms with E-state index in [2.05, 4.69) is 12.2 Å². The minimum Gasteiger partial charge on any atom is -0.312 e. The fourth-order valence-corrected chi connectivity index (χ4v) is 2.79. The smallest absolute Gasteiger partial charge is 0.121 e. The summed E-state index contributed by atoms with van der Waals surface area (Å²) in [5.41, 5.74) is 0. The lowest BCUT2D eigenvalue weighted by Crippen LogP contribution is -2.44. The summed E-state index contributed by atoms with van der Waals surface area (Å²) in [5, 5.41) is 2.67. The molecule has 0 bridgehead atoms. The lowest BCUT2D eigenvalue weighted by molar-refractivity contribution is 0.127. The van der Waals surface area contributed by atoms with Crippen LogP contribution in [-0.4, -0.2) is 32.1 Å². The van der Waals surface area contributed by atoms with Crippen molar-refractivity contribution in [1.29, 1.82) is 0 Å². The molecule has 0 aromatic heterocycles. The Morgan fingerprint density at radius 1 is 0.905 bits per heavy atom. The molecule has 0 aromatic carbocycles. The van der Waals surface area contributed by atoms with Crippen molar-refractivity contribution >= 4 is 0 Å². The van der Waals surface area contributed by atoms with Crippen molar-refractivity contribution in [3.05, 3.63) is 0 Å². The molecule has 0 saturated heterocycles. The summed E-state index contributed by atoms with van der Waals surface area (Å²) in [6.45, 7) is 3.48. The van der Waals surface area contributed by atoms with E-state index >= 15 is 0 Å². The zero-order valence-corrected chi connectivity index (χ0v) is 14.0. The maximum atomic E-state index is 14.1. The second-order valence-corrected chi connectivity index (χ2v) is 6.22. The number of nitrogens with one attached hydrogen (secondary N) is 1. The number of hydrogen-bond donors (Lipinski definition) is 1. The van der Waals surface area contributed by atoms with Crippen LogP contribution in [0.1, 0.15) is 71.6 Å². The van der Waals surface area contributed by atoms with Crippen LogP contribution in [0.25, 0.3) is 0 Å². The van der Waals surface area contributed by atoms with Gasteiger partial charge < -0.3 is 5.32 Å². The highest BCUT2D eigenvalue weighted by Crippen LogP contribution is 2.22. The average molecular weight is 309 g/mol. The molecule has 0 heterocycles. The molecule has 1 N–H and O–H groups in total. The highest BCUT2D eigenvalue weighted by atomic mass is 19.2. The van der Waals surface area contributed by atoms with Gasteiger partial charge in [-0.2, -0.15) is 0 Å². The minimum absolute atomic E-state index is 0.224. The molecule has 21 heavy (non-hydrogen) atoms. The minimum atomic E-state index is -1.45. The van der Waals surface area contributed by atoms with E-state index < -0.39 is 25.1 Å². The van der Waals surface area contributed by atoms with E-state index in [1.165, 1.54) is 32.1 Å². The van der Waals surface area contributed by atoms with Gasteiger partial charge in [0.1, 0.15) is 12.3 Å². The predicted molar refractivity (Wildman–Crippen MR) is 85.0 cm³/mol. The average Bonchev–Trinajstić information content (AvgIpc) is 2.43. The summed E-state index contributed by atoms with van der Waals surface area (Å²) in [7, 11) is 1.54. The van der Waals surface area contributed by atoms with Crippen molar-refractivity contribution < 1.29 is 13.2 Å². The first-order chi connectivity index (χ1) is 10.1. The first-order valence-corrected chi connectivity index (χ1v) is 8.58. The van der Waals surface area contributed by atoms with Gasteiger partial charge in [0.15, 0.2) is 0 Å². The molecule has 128 valence electrons. The highest BCUT2D eigenvalue weighted by Gasteiger charge is 2.29. The third-order valence-corrected chi connectivity index (χ3v) is 4.18. The van der Waals surface area contributed by atoms with Gasteiger partial charge >= 0.3 is 0 Å². The molecule has 0 rings (SSSR count). The van der Waals surface area contributed by atoms with Crippen LogP contribution in [0.4, 0.5) is 13.2 Å². The summed E-state index contributed by atoms with van der Waals surface area (Å²) in [6.07, 6.45) is 5.81. The molecule has 1 nitrogen and oxygen atoms in total. The molecule has 4 heteroatoms. The first-order valence-electron chi connectivity index (χ1n) is 8.58. The normalized spacial score (nSPS) is 17.4. The summed E-state index contributed by atoms with van der Waals surface area (Å²) in [5.74, 6) is 0.250. The van der Waals surface area contributed by atoms with E-state index in [9.17, 15) is 13.2 Å². The van der Waals surface area contributed by atoms with Gasteiger partial charge in [-0.3, -0.25) is 4.39 Å². The van der Waals surface area contributed by atoms with Crippen LogP contribution in [0.3, 0.4) is 0 Å². The monoisotopic (exact) mass is 309 g/mol. The summed E-state index contributed by atoms with van der Waals surface area (Å²) < 4.78 is 40.0. The summed E-state index contributed by atoms with van der Waals surface area (Å²) in [6, 6.07) is -0.882. The molecule has 0 fully saturated rings. The third kappa shape index (κ3) is 10.2. The van der Waals surface area contributed by atoms with Crippen LogP contribution in [0.15, 0.2) is 0 Å². The molecule has 0 spiro atoms. The van der Waals surface area contributed by atoms with Gasteiger partial charge in [-0.1, -0.05) is 58.8 Å². The molecule has 0 aliphatic heterocycles. The van der Waals surface area contributed by atoms with E-state index in [0.29, 0.717) is 6.42 Å². The molecular weight excluding hydrogens is 275 g/mol. The van der Waals surface area contributed by atoms with E-state index in [1.807, 2.05) is 6.92 Å². The fourth-order valence-electron chi connectivity index (χ4n) is 2.79. The maximum Gasteiger partial charge on any atom is 0.121 e. The number of unbranched alkanes of at least 4 members (excludes halogenated alkanes) is 5. The number of alkyl halides is 3. The first kappa shape index (κ1) is 20.8. The van der Waals surface area contributed by atoms with Crippen molar-refractivity contribution in [2.45, 2.75) is 90.0 Å². The fraction of sp³-hybridized carbons (Fsp3) is 1.00. The zero-order valence-electron chi connectivity index (χ0n) is 14.0. The van der Waals surface area contributed by atoms with Gasteiger partial charge in [-0.05, 0) is 19.4 Å². The summed E-state index contributed by atoms with van der Waals surface area (Å²) in [4.78, 5) is 0. The quantitative estimate of drug-likeness (QED) is 0.424. The predicted octanol–water partition coefficient (Wildman–Crippen LogP) is 5.39. The number of rotatable bonds is 14. The Labute approximate surface area is 129 Å². The van der Waals surface area contributed by atoms with Gasteiger partial charge in [0.05, 0.1) is 12.7 Å². The highest BCUT2D eigenvalue weighted by molar-refractivity contribution is 4.83. The Bertz CT molecular complexity index is 226. The maximum absolute atomic E-state index is 14.1. The van der Waals surface area contributed by atoms with Gasteiger partial charge in [-0.25, -0.2) is 8.78 Å². The topological polar surface area (TPSA) is 12.0 Å². The van der Waals surface area contributed by atoms with E-state index in [1.54, 1.807) is 7.05 Å². The second kappa shape index (κ2) is 13.4. The summed E-state index contributed by atoms with van der Waals surface area (Å²) >= 11 is 0. The van der Waals surface area contributed by atoms with Gasteiger partial charge in [0, 0.05) is 6.42 Å².